The number of pyridine rings is 1. The van der Waals surface area contributed by atoms with Crippen molar-refractivity contribution in [3.63, 3.8) is 0 Å². The first-order valence-corrected chi connectivity index (χ1v) is 18.7. The van der Waals surface area contributed by atoms with Gasteiger partial charge in [0.1, 0.15) is 0 Å². The van der Waals surface area contributed by atoms with E-state index in [0.717, 1.165) is 50.5 Å². The van der Waals surface area contributed by atoms with Gasteiger partial charge < -0.3 is 19.2 Å². The average Bonchev–Trinajstić information content (AvgIpc) is 3.98. The van der Waals surface area contributed by atoms with Crippen molar-refractivity contribution >= 4 is 22.1 Å². The van der Waals surface area contributed by atoms with Crippen molar-refractivity contribution in [1.82, 2.24) is 29.3 Å². The van der Waals surface area contributed by atoms with Gasteiger partial charge in [-0.15, -0.1) is 0 Å². The Morgan fingerprint density at radius 1 is 0.534 bits per heavy atom. The van der Waals surface area contributed by atoms with E-state index in [1.807, 2.05) is 48.5 Å². The molecule has 287 valence electrons. The zero-order chi connectivity index (χ0) is 39.1. The van der Waals surface area contributed by atoms with E-state index in [-0.39, 0.29) is 20.1 Å². The van der Waals surface area contributed by atoms with Crippen LogP contribution >= 0.6 is 0 Å². The standard InChI is InChI=1S/C21H17N2.C20H15N2.C8H7N4.Ir/c1-16-7-5-9-18(13-16)22-15-23(19-10-6-8-17(2)14-19)21-12-4-3-11-20(21)22;1-16-8-7-11-18(14-16)22-15-21(17-9-3-2-4-10-17)19-12-5-6-13-20(19)22;1-6-10-8(12-11-6)7-4-2-3-5-9-7;/h3-9,11-14H,1-2H3;2-9,11-14H,1H3;2-5H,1H3;/q3*-1;. The van der Waals surface area contributed by atoms with Gasteiger partial charge in [-0.1, -0.05) is 96.9 Å². The van der Waals surface area contributed by atoms with Crippen LogP contribution in [-0.2, 0) is 20.1 Å². The van der Waals surface area contributed by atoms with Crippen molar-refractivity contribution in [2.24, 2.45) is 0 Å². The molecule has 0 saturated heterocycles. The predicted molar refractivity (Wildman–Crippen MR) is 222 cm³/mol. The minimum atomic E-state index is 0. The normalized spacial score (nSPS) is 10.6. The van der Waals surface area contributed by atoms with E-state index >= 15 is 0 Å². The third-order valence-electron chi connectivity index (χ3n) is 9.21. The molecule has 0 amide bonds. The number of aryl methyl sites for hydroxylation is 4. The molecule has 8 nitrogen and oxygen atoms in total. The third kappa shape index (κ3) is 8.76. The van der Waals surface area contributed by atoms with Crippen molar-refractivity contribution in [2.75, 3.05) is 0 Å². The minimum Gasteiger partial charge on any atom is -0.421 e. The largest absolute Gasteiger partial charge is 0.421 e. The number of aromatic nitrogens is 8. The van der Waals surface area contributed by atoms with Crippen LogP contribution in [0.15, 0.2) is 164 Å². The molecule has 0 spiro atoms. The second-order valence-corrected chi connectivity index (χ2v) is 13.6. The van der Waals surface area contributed by atoms with Crippen LogP contribution in [0.4, 0.5) is 0 Å². The van der Waals surface area contributed by atoms with Crippen LogP contribution in [0.2, 0.25) is 0 Å². The maximum atomic E-state index is 4.10. The molecule has 10 rings (SSSR count). The summed E-state index contributed by atoms with van der Waals surface area (Å²) < 4.78 is 8.34. The van der Waals surface area contributed by atoms with Crippen LogP contribution in [0.5, 0.6) is 0 Å². The molecule has 4 heterocycles. The summed E-state index contributed by atoms with van der Waals surface area (Å²) >= 11 is 0. The van der Waals surface area contributed by atoms with Crippen molar-refractivity contribution < 1.29 is 29.2 Å². The summed E-state index contributed by atoms with van der Waals surface area (Å²) in [6, 6.07) is 59.9. The van der Waals surface area contributed by atoms with Gasteiger partial charge in [0, 0.05) is 32.1 Å². The zero-order valence-electron chi connectivity index (χ0n) is 32.5. The molecule has 0 aliphatic carbocycles. The molecule has 0 fully saturated rings. The summed E-state index contributed by atoms with van der Waals surface area (Å²) in [5, 5.41) is 7.65. The van der Waals surface area contributed by atoms with E-state index in [1.165, 1.54) is 16.7 Å². The minimum absolute atomic E-state index is 0. The van der Waals surface area contributed by atoms with E-state index < -0.39 is 0 Å². The molecule has 0 unspecified atom stereocenters. The molecule has 6 aromatic carbocycles. The monoisotopic (exact) mass is 932 g/mol. The van der Waals surface area contributed by atoms with Crippen LogP contribution in [0.3, 0.4) is 0 Å². The smallest absolute Gasteiger partial charge is 0.268 e. The summed E-state index contributed by atoms with van der Waals surface area (Å²) in [7, 11) is 0. The Hall–Kier alpha value is -6.80. The van der Waals surface area contributed by atoms with Gasteiger partial charge in [0.05, 0.1) is 39.1 Å². The molecule has 0 bridgehead atoms. The van der Waals surface area contributed by atoms with E-state index in [1.54, 1.807) is 13.1 Å². The van der Waals surface area contributed by atoms with Crippen LogP contribution < -0.4 is 14.2 Å². The Balaban J connectivity index is 0.000000138. The third-order valence-corrected chi connectivity index (χ3v) is 9.21. The number of benzene rings is 6. The molecule has 0 N–H and O–H groups in total. The molecule has 4 aromatic heterocycles. The van der Waals surface area contributed by atoms with Crippen molar-refractivity contribution in [1.29, 1.82) is 0 Å². The fourth-order valence-corrected chi connectivity index (χ4v) is 6.53. The number of para-hydroxylation sites is 5. The van der Waals surface area contributed by atoms with Gasteiger partial charge in [-0.05, 0) is 74.4 Å². The Kier molecular flexibility index (Phi) is 12.2. The van der Waals surface area contributed by atoms with Gasteiger partial charge in [-0.25, -0.2) is 0 Å². The van der Waals surface area contributed by atoms with Gasteiger partial charge in [0.15, 0.2) is 0 Å². The molecule has 9 heteroatoms. The van der Waals surface area contributed by atoms with Crippen LogP contribution in [0, 0.1) is 52.5 Å². The second kappa shape index (κ2) is 18.0. The Labute approximate surface area is 352 Å². The molecule has 0 aliphatic heterocycles. The van der Waals surface area contributed by atoms with Crippen LogP contribution in [0.1, 0.15) is 22.5 Å². The number of fused-ring (bicyclic) bond motifs is 2. The van der Waals surface area contributed by atoms with E-state index in [2.05, 4.69) is 193 Å². The number of rotatable bonds is 5. The van der Waals surface area contributed by atoms with Crippen LogP contribution in [0.25, 0.3) is 56.3 Å². The van der Waals surface area contributed by atoms with Gasteiger partial charge in [0.25, 0.3) is 12.7 Å². The molecule has 1 radical (unpaired) electrons. The zero-order valence-corrected chi connectivity index (χ0v) is 34.9. The van der Waals surface area contributed by atoms with E-state index in [4.69, 9.17) is 0 Å². The summed E-state index contributed by atoms with van der Waals surface area (Å²) in [6.45, 7) is 8.11. The summed E-state index contributed by atoms with van der Waals surface area (Å²) in [5.41, 5.74) is 13.2. The first-order valence-electron chi connectivity index (χ1n) is 18.7. The summed E-state index contributed by atoms with van der Waals surface area (Å²) in [6.07, 6.45) is 8.64. The molecule has 0 aliphatic rings. The molecule has 0 atom stereocenters. The van der Waals surface area contributed by atoms with Gasteiger partial charge in [0.2, 0.25) is 0 Å². The van der Waals surface area contributed by atoms with Crippen molar-refractivity contribution in [3.8, 4) is 34.3 Å². The first kappa shape index (κ1) is 39.4. The average molecular weight is 932 g/mol. The molecule has 58 heavy (non-hydrogen) atoms. The maximum absolute atomic E-state index is 4.10. The molecule has 10 aromatic rings. The Morgan fingerprint density at radius 3 is 1.64 bits per heavy atom. The predicted octanol–water partition coefficient (Wildman–Crippen LogP) is 8.74. The molecule has 0 saturated carbocycles. The van der Waals surface area contributed by atoms with Gasteiger partial charge in [-0.3, -0.25) is 19.2 Å². The summed E-state index contributed by atoms with van der Waals surface area (Å²) in [5.74, 6) is 1.27. The number of hydrogen-bond donors (Lipinski definition) is 0. The fraction of sp³-hybridized carbons (Fsp3) is 0.0816. The van der Waals surface area contributed by atoms with E-state index in [9.17, 15) is 0 Å². The first-order chi connectivity index (χ1) is 27.9. The Morgan fingerprint density at radius 2 is 1.10 bits per heavy atom. The topological polar surface area (TPSA) is 70.4 Å². The summed E-state index contributed by atoms with van der Waals surface area (Å²) in [4.78, 5) is 8.19. The molecular formula is C49H39IrN8-3. The second-order valence-electron chi connectivity index (χ2n) is 13.6. The fourth-order valence-electron chi connectivity index (χ4n) is 6.53. The maximum Gasteiger partial charge on any atom is 0.268 e. The van der Waals surface area contributed by atoms with Crippen molar-refractivity contribution in [2.45, 2.75) is 27.7 Å². The Bertz CT molecular complexity index is 2830. The van der Waals surface area contributed by atoms with Crippen molar-refractivity contribution in [3.05, 3.63) is 211 Å². The number of hydrogen-bond acceptors (Lipinski definition) is 3. The molecular weight excluding hydrogens is 893 g/mol. The van der Waals surface area contributed by atoms with Gasteiger partial charge >= 0.3 is 0 Å². The SMILES string of the molecule is Cc1cc[c-]c(-n2[c-][n+](-c3cccc(C)c3)c3ccccc32)c1.Cc1cccc(-[n+]2[c-]n(-c3[c-]cccc3)c3ccccc32)c1.Cc1n[n-]c(-c2ccccn2)n1.[Ir]. The number of nitrogens with zero attached hydrogens (tertiary/aromatic N) is 8. The quantitative estimate of drug-likeness (QED) is 0.128. The number of imidazole rings is 2. The van der Waals surface area contributed by atoms with Gasteiger partial charge in [-0.2, -0.15) is 60.2 Å². The van der Waals surface area contributed by atoms with Crippen LogP contribution in [-0.4, -0.2) is 24.2 Å². The van der Waals surface area contributed by atoms with E-state index in [0.29, 0.717) is 11.6 Å².